The van der Waals surface area contributed by atoms with Crippen molar-refractivity contribution in [3.8, 4) is 5.75 Å². The lowest BCUT2D eigenvalue weighted by Gasteiger charge is -2.10. The van der Waals surface area contributed by atoms with Gasteiger partial charge in [-0.25, -0.2) is 4.98 Å². The zero-order chi connectivity index (χ0) is 11.9. The van der Waals surface area contributed by atoms with Crippen LogP contribution in [0.15, 0.2) is 12.1 Å². The van der Waals surface area contributed by atoms with Crippen molar-refractivity contribution in [2.24, 2.45) is 0 Å². The van der Waals surface area contributed by atoms with Crippen LogP contribution < -0.4 is 4.74 Å². The van der Waals surface area contributed by atoms with Crippen LogP contribution in [0.3, 0.4) is 0 Å². The van der Waals surface area contributed by atoms with Crippen molar-refractivity contribution in [1.82, 2.24) is 4.98 Å². The minimum Gasteiger partial charge on any atom is -0.495 e. The predicted octanol–water partition coefficient (Wildman–Crippen LogP) is 4.51. The fourth-order valence-electron chi connectivity index (χ4n) is 1.57. The number of pyridine rings is 1. The molecule has 1 aromatic heterocycles. The Labute approximate surface area is 108 Å². The van der Waals surface area contributed by atoms with Gasteiger partial charge in [0.1, 0.15) is 10.9 Å². The number of nitrogens with zero attached hydrogens (tertiary/aromatic N) is 1. The number of methoxy groups -OCH3 is 1. The van der Waals surface area contributed by atoms with E-state index in [-0.39, 0.29) is 5.15 Å². The zero-order valence-electron chi connectivity index (χ0n) is 8.64. The van der Waals surface area contributed by atoms with E-state index in [4.69, 9.17) is 39.5 Å². The fraction of sp³-hybridized carbons (Fsp3) is 0.182. The summed E-state index contributed by atoms with van der Waals surface area (Å²) in [7, 11) is 1.56. The number of hydrogen-bond acceptors (Lipinski definition) is 2. The summed E-state index contributed by atoms with van der Waals surface area (Å²) in [5, 5.41) is 1.98. The minimum atomic E-state index is 0.285. The second-order valence-electron chi connectivity index (χ2n) is 3.32. The lowest BCUT2D eigenvalue weighted by molar-refractivity contribution is 0.415. The van der Waals surface area contributed by atoms with Gasteiger partial charge in [-0.05, 0) is 24.6 Å². The first-order chi connectivity index (χ1) is 7.56. The van der Waals surface area contributed by atoms with E-state index < -0.39 is 0 Å². The van der Waals surface area contributed by atoms with Gasteiger partial charge in [0.15, 0.2) is 0 Å². The van der Waals surface area contributed by atoms with Gasteiger partial charge >= 0.3 is 0 Å². The third kappa shape index (κ3) is 1.71. The number of halogens is 3. The van der Waals surface area contributed by atoms with E-state index >= 15 is 0 Å². The average Bonchev–Trinajstić information content (AvgIpc) is 2.26. The van der Waals surface area contributed by atoms with Crippen LogP contribution in [0.2, 0.25) is 15.2 Å². The van der Waals surface area contributed by atoms with Crippen molar-refractivity contribution in [3.63, 3.8) is 0 Å². The molecule has 2 nitrogen and oxygen atoms in total. The van der Waals surface area contributed by atoms with Gasteiger partial charge in [-0.1, -0.05) is 34.8 Å². The van der Waals surface area contributed by atoms with Crippen LogP contribution in [-0.2, 0) is 0 Å². The summed E-state index contributed by atoms with van der Waals surface area (Å²) >= 11 is 18.1. The molecule has 16 heavy (non-hydrogen) atoms. The molecule has 5 heteroatoms. The number of rotatable bonds is 1. The minimum absolute atomic E-state index is 0.285. The first kappa shape index (κ1) is 11.8. The Morgan fingerprint density at radius 1 is 1.12 bits per heavy atom. The molecule has 0 amide bonds. The summed E-state index contributed by atoms with van der Waals surface area (Å²) in [6, 6.07) is 3.55. The number of aryl methyl sites for hydroxylation is 1. The Morgan fingerprint density at radius 3 is 2.44 bits per heavy atom. The average molecular weight is 277 g/mol. The monoisotopic (exact) mass is 275 g/mol. The fourth-order valence-corrected chi connectivity index (χ4v) is 2.32. The Morgan fingerprint density at radius 2 is 1.81 bits per heavy atom. The molecule has 1 aromatic carbocycles. The maximum Gasteiger partial charge on any atom is 0.148 e. The molecular formula is C11H8Cl3NO. The molecule has 0 fully saturated rings. The molecule has 0 unspecified atom stereocenters. The maximum absolute atomic E-state index is 6.20. The quantitative estimate of drug-likeness (QED) is 0.715. The van der Waals surface area contributed by atoms with Gasteiger partial charge in [-0.3, -0.25) is 0 Å². The third-order valence-corrected chi connectivity index (χ3v) is 3.62. The van der Waals surface area contributed by atoms with Crippen LogP contribution in [0.25, 0.3) is 10.9 Å². The number of aromatic nitrogens is 1. The van der Waals surface area contributed by atoms with Crippen molar-refractivity contribution in [2.75, 3.05) is 7.11 Å². The summed E-state index contributed by atoms with van der Waals surface area (Å²) in [5.74, 6) is 0.595. The third-order valence-electron chi connectivity index (χ3n) is 2.41. The summed E-state index contributed by atoms with van der Waals surface area (Å²) in [4.78, 5) is 4.17. The highest BCUT2D eigenvalue weighted by Gasteiger charge is 2.14. The van der Waals surface area contributed by atoms with Crippen molar-refractivity contribution < 1.29 is 4.74 Å². The van der Waals surface area contributed by atoms with Crippen LogP contribution in [0.1, 0.15) is 5.56 Å². The Balaban J connectivity index is 2.92. The highest BCUT2D eigenvalue weighted by atomic mass is 35.5. The van der Waals surface area contributed by atoms with Gasteiger partial charge in [0.05, 0.1) is 22.7 Å². The highest BCUT2D eigenvalue weighted by Crippen LogP contribution is 2.38. The van der Waals surface area contributed by atoms with E-state index in [1.807, 2.05) is 6.92 Å². The molecule has 84 valence electrons. The van der Waals surface area contributed by atoms with Crippen LogP contribution >= 0.6 is 34.8 Å². The van der Waals surface area contributed by atoms with Gasteiger partial charge in [-0.15, -0.1) is 0 Å². The van der Waals surface area contributed by atoms with Crippen molar-refractivity contribution in [2.45, 2.75) is 6.92 Å². The Kier molecular flexibility index (Phi) is 3.15. The molecule has 0 spiro atoms. The molecule has 1 heterocycles. The largest absolute Gasteiger partial charge is 0.495 e. The lowest BCUT2D eigenvalue weighted by atomic mass is 10.1. The van der Waals surface area contributed by atoms with E-state index in [0.717, 1.165) is 10.9 Å². The Bertz CT molecular complexity index is 569. The molecule has 0 saturated heterocycles. The van der Waals surface area contributed by atoms with Crippen LogP contribution in [0.4, 0.5) is 0 Å². The van der Waals surface area contributed by atoms with Gasteiger partial charge in [-0.2, -0.15) is 0 Å². The molecule has 0 radical (unpaired) electrons. The smallest absolute Gasteiger partial charge is 0.148 e. The van der Waals surface area contributed by atoms with Gasteiger partial charge in [0.25, 0.3) is 0 Å². The predicted molar refractivity (Wildman–Crippen MR) is 68.1 cm³/mol. The standard InChI is InChI=1S/C11H8Cl3NO/c1-5-8-6(15-11(14)9(5)12)3-4-7(16-2)10(8)13/h3-4H,1-2H3. The molecule has 0 aliphatic rings. The topological polar surface area (TPSA) is 22.1 Å². The zero-order valence-corrected chi connectivity index (χ0v) is 10.9. The van der Waals surface area contributed by atoms with E-state index in [1.54, 1.807) is 19.2 Å². The second kappa shape index (κ2) is 4.28. The van der Waals surface area contributed by atoms with E-state index in [9.17, 15) is 0 Å². The maximum atomic E-state index is 6.20. The van der Waals surface area contributed by atoms with Gasteiger partial charge in [0.2, 0.25) is 0 Å². The van der Waals surface area contributed by atoms with Crippen molar-refractivity contribution >= 4 is 45.7 Å². The molecule has 0 bridgehead atoms. The van der Waals surface area contributed by atoms with Crippen molar-refractivity contribution in [1.29, 1.82) is 0 Å². The molecule has 2 aromatic rings. The SMILES string of the molecule is COc1ccc2nc(Cl)c(Cl)c(C)c2c1Cl. The van der Waals surface area contributed by atoms with Crippen molar-refractivity contribution in [3.05, 3.63) is 32.9 Å². The number of hydrogen-bond donors (Lipinski definition) is 0. The molecule has 2 rings (SSSR count). The molecule has 0 atom stereocenters. The summed E-state index contributed by atoms with van der Waals surface area (Å²) in [6.07, 6.45) is 0. The van der Waals surface area contributed by atoms with E-state index in [1.165, 1.54) is 0 Å². The molecule has 0 N–H and O–H groups in total. The lowest BCUT2D eigenvalue weighted by Crippen LogP contribution is -1.91. The van der Waals surface area contributed by atoms with E-state index in [2.05, 4.69) is 4.98 Å². The van der Waals surface area contributed by atoms with Crippen LogP contribution in [-0.4, -0.2) is 12.1 Å². The summed E-state index contributed by atoms with van der Waals surface area (Å²) < 4.78 is 5.14. The van der Waals surface area contributed by atoms with Gasteiger partial charge in [0, 0.05) is 5.39 Å². The summed E-state index contributed by atoms with van der Waals surface area (Å²) in [5.41, 5.74) is 1.51. The van der Waals surface area contributed by atoms with Crippen LogP contribution in [0, 0.1) is 6.92 Å². The first-order valence-corrected chi connectivity index (χ1v) is 5.67. The Hall–Kier alpha value is -0.700. The molecular weight excluding hydrogens is 268 g/mol. The number of benzene rings is 1. The van der Waals surface area contributed by atoms with Crippen LogP contribution in [0.5, 0.6) is 5.75 Å². The number of ether oxygens (including phenoxy) is 1. The second-order valence-corrected chi connectivity index (χ2v) is 4.43. The molecule has 0 aliphatic carbocycles. The molecule has 0 aliphatic heterocycles. The van der Waals surface area contributed by atoms with E-state index in [0.29, 0.717) is 21.3 Å². The summed E-state index contributed by atoms with van der Waals surface area (Å²) in [6.45, 7) is 1.85. The normalized spacial score (nSPS) is 10.8. The highest BCUT2D eigenvalue weighted by molar-refractivity contribution is 6.43. The molecule has 0 saturated carbocycles. The first-order valence-electron chi connectivity index (χ1n) is 4.54. The van der Waals surface area contributed by atoms with Gasteiger partial charge < -0.3 is 4.74 Å². The number of fused-ring (bicyclic) bond motifs is 1.